The molecule has 0 aliphatic carbocycles. The molecule has 2 rings (SSSR count). The number of fused-ring (bicyclic) bond motifs is 1. The first-order valence-electron chi connectivity index (χ1n) is 7.57. The maximum absolute atomic E-state index is 12.3. The van der Waals surface area contributed by atoms with E-state index in [1.165, 1.54) is 0 Å². The van der Waals surface area contributed by atoms with Crippen LogP contribution in [0.2, 0.25) is 0 Å². The summed E-state index contributed by atoms with van der Waals surface area (Å²) < 4.78 is 5.20. The lowest BCUT2D eigenvalue weighted by atomic mass is 9.91. The van der Waals surface area contributed by atoms with Gasteiger partial charge < -0.3 is 15.0 Å². The Hall–Kier alpha value is -1.59. The topological polar surface area (TPSA) is 75.7 Å². The van der Waals surface area contributed by atoms with E-state index >= 15 is 0 Å². The molecule has 0 saturated carbocycles. The number of hydrogen-bond acceptors (Lipinski definition) is 4. The van der Waals surface area contributed by atoms with Crippen molar-refractivity contribution in [2.75, 3.05) is 13.1 Å². The number of carbonyl (C=O) groups excluding carboxylic acids is 3. The van der Waals surface area contributed by atoms with Crippen molar-refractivity contribution in [2.45, 2.75) is 58.1 Å². The maximum atomic E-state index is 12.3. The number of piperidine rings is 1. The number of nitrogens with one attached hydrogen (secondary N) is 1. The maximum Gasteiger partial charge on any atom is 0.306 e. The van der Waals surface area contributed by atoms with Crippen molar-refractivity contribution in [2.24, 2.45) is 5.92 Å². The van der Waals surface area contributed by atoms with Gasteiger partial charge in [0.2, 0.25) is 11.8 Å². The van der Waals surface area contributed by atoms with Gasteiger partial charge in [-0.3, -0.25) is 14.4 Å². The Morgan fingerprint density at radius 3 is 2.71 bits per heavy atom. The molecule has 6 nitrogen and oxygen atoms in total. The first-order valence-corrected chi connectivity index (χ1v) is 7.57. The van der Waals surface area contributed by atoms with Gasteiger partial charge >= 0.3 is 5.97 Å². The standard InChI is InChI=1S/C15H24N2O4/c1-15(2,3)21-13(19)7-6-12(18)17-8-4-5-10-11(17)9-16-14(10)20/h10-11H,4-9H2,1-3H3,(H,16,20). The lowest BCUT2D eigenvalue weighted by Crippen LogP contribution is -2.48. The number of rotatable bonds is 3. The highest BCUT2D eigenvalue weighted by molar-refractivity contribution is 5.86. The number of amides is 2. The summed E-state index contributed by atoms with van der Waals surface area (Å²) in [5.41, 5.74) is -0.530. The SMILES string of the molecule is CC(C)(C)OC(=O)CCC(=O)N1CCCC2C(=O)NCC21. The minimum absolute atomic E-state index is 0.0441. The van der Waals surface area contributed by atoms with Gasteiger partial charge in [0.05, 0.1) is 18.4 Å². The van der Waals surface area contributed by atoms with E-state index in [0.717, 1.165) is 12.8 Å². The molecule has 0 aromatic carbocycles. The van der Waals surface area contributed by atoms with Crippen LogP contribution in [0.4, 0.5) is 0 Å². The van der Waals surface area contributed by atoms with Gasteiger partial charge in [0.25, 0.3) is 0 Å². The number of esters is 1. The Kier molecular flexibility index (Phi) is 4.54. The van der Waals surface area contributed by atoms with Gasteiger partial charge in [0.1, 0.15) is 5.60 Å². The number of ether oxygens (including phenoxy) is 1. The summed E-state index contributed by atoms with van der Waals surface area (Å²) in [4.78, 5) is 37.4. The molecule has 2 fully saturated rings. The Bertz CT molecular complexity index is 441. The van der Waals surface area contributed by atoms with Crippen molar-refractivity contribution >= 4 is 17.8 Å². The third-order valence-corrected chi connectivity index (χ3v) is 3.88. The highest BCUT2D eigenvalue weighted by Crippen LogP contribution is 2.28. The molecule has 21 heavy (non-hydrogen) atoms. The second-order valence-corrected chi connectivity index (χ2v) is 6.73. The zero-order valence-corrected chi connectivity index (χ0v) is 13.0. The van der Waals surface area contributed by atoms with Crippen LogP contribution >= 0.6 is 0 Å². The minimum Gasteiger partial charge on any atom is -0.460 e. The van der Waals surface area contributed by atoms with E-state index in [0.29, 0.717) is 13.1 Å². The molecule has 1 N–H and O–H groups in total. The summed E-state index contributed by atoms with van der Waals surface area (Å²) >= 11 is 0. The van der Waals surface area contributed by atoms with E-state index in [1.54, 1.807) is 25.7 Å². The summed E-state index contributed by atoms with van der Waals surface area (Å²) in [7, 11) is 0. The first kappa shape index (κ1) is 15.8. The van der Waals surface area contributed by atoms with Crippen molar-refractivity contribution in [3.05, 3.63) is 0 Å². The molecular weight excluding hydrogens is 272 g/mol. The third kappa shape index (κ3) is 3.95. The van der Waals surface area contributed by atoms with E-state index in [2.05, 4.69) is 5.32 Å². The van der Waals surface area contributed by atoms with Gasteiger partial charge in [-0.15, -0.1) is 0 Å². The van der Waals surface area contributed by atoms with Crippen molar-refractivity contribution in [3.63, 3.8) is 0 Å². The molecular formula is C15H24N2O4. The Morgan fingerprint density at radius 1 is 1.33 bits per heavy atom. The molecule has 2 unspecified atom stereocenters. The fraction of sp³-hybridized carbons (Fsp3) is 0.800. The first-order chi connectivity index (χ1) is 9.78. The van der Waals surface area contributed by atoms with Crippen molar-refractivity contribution in [1.82, 2.24) is 10.2 Å². The summed E-state index contributed by atoms with van der Waals surface area (Å²) in [5.74, 6) is -0.453. The Balaban J connectivity index is 1.86. The van der Waals surface area contributed by atoms with Crippen LogP contribution in [-0.2, 0) is 19.1 Å². The highest BCUT2D eigenvalue weighted by atomic mass is 16.6. The fourth-order valence-corrected chi connectivity index (χ4v) is 3.01. The van der Waals surface area contributed by atoms with Gasteiger partial charge in [-0.1, -0.05) is 0 Å². The predicted octanol–water partition coefficient (Wildman–Crippen LogP) is 0.845. The fourth-order valence-electron chi connectivity index (χ4n) is 3.01. The Labute approximate surface area is 125 Å². The largest absolute Gasteiger partial charge is 0.460 e. The monoisotopic (exact) mass is 296 g/mol. The molecule has 6 heteroatoms. The molecule has 2 atom stereocenters. The van der Waals surface area contributed by atoms with E-state index in [9.17, 15) is 14.4 Å². The molecule has 0 aromatic heterocycles. The zero-order chi connectivity index (χ0) is 15.6. The molecule has 0 radical (unpaired) electrons. The zero-order valence-electron chi connectivity index (χ0n) is 13.0. The molecule has 2 amide bonds. The normalized spacial score (nSPS) is 25.3. The second kappa shape index (κ2) is 6.03. The summed E-state index contributed by atoms with van der Waals surface area (Å²) in [6, 6.07) is -0.0441. The lowest BCUT2D eigenvalue weighted by molar-refractivity contribution is -0.156. The van der Waals surface area contributed by atoms with Gasteiger partial charge in [0.15, 0.2) is 0 Å². The van der Waals surface area contributed by atoms with Crippen molar-refractivity contribution in [1.29, 1.82) is 0 Å². The van der Waals surface area contributed by atoms with E-state index in [1.807, 2.05) is 0 Å². The number of nitrogens with zero attached hydrogens (tertiary/aromatic N) is 1. The van der Waals surface area contributed by atoms with Crippen LogP contribution in [0.1, 0.15) is 46.5 Å². The molecule has 2 heterocycles. The predicted molar refractivity (Wildman–Crippen MR) is 76.3 cm³/mol. The number of likely N-dealkylation sites (tertiary alicyclic amines) is 1. The average Bonchev–Trinajstić information content (AvgIpc) is 2.76. The van der Waals surface area contributed by atoms with Crippen LogP contribution in [0.15, 0.2) is 0 Å². The molecule has 2 saturated heterocycles. The van der Waals surface area contributed by atoms with Crippen LogP contribution in [0.5, 0.6) is 0 Å². The van der Waals surface area contributed by atoms with E-state index in [4.69, 9.17) is 4.74 Å². The van der Waals surface area contributed by atoms with Crippen molar-refractivity contribution < 1.29 is 19.1 Å². The van der Waals surface area contributed by atoms with Crippen LogP contribution in [0, 0.1) is 5.92 Å². The summed E-state index contributed by atoms with van der Waals surface area (Å²) in [5, 5.41) is 2.82. The second-order valence-electron chi connectivity index (χ2n) is 6.73. The number of carbonyl (C=O) groups is 3. The van der Waals surface area contributed by atoms with Crippen LogP contribution in [-0.4, -0.2) is 47.4 Å². The molecule has 118 valence electrons. The highest BCUT2D eigenvalue weighted by Gasteiger charge is 2.42. The molecule has 0 bridgehead atoms. The van der Waals surface area contributed by atoms with Gasteiger partial charge in [-0.05, 0) is 33.6 Å². The van der Waals surface area contributed by atoms with Gasteiger partial charge in [-0.25, -0.2) is 0 Å². The van der Waals surface area contributed by atoms with Crippen molar-refractivity contribution in [3.8, 4) is 0 Å². The van der Waals surface area contributed by atoms with E-state index in [-0.39, 0.29) is 42.6 Å². The van der Waals surface area contributed by atoms with Gasteiger partial charge in [-0.2, -0.15) is 0 Å². The molecule has 2 aliphatic rings. The quantitative estimate of drug-likeness (QED) is 0.783. The Morgan fingerprint density at radius 2 is 2.05 bits per heavy atom. The molecule has 0 aromatic rings. The smallest absolute Gasteiger partial charge is 0.306 e. The molecule has 2 aliphatic heterocycles. The van der Waals surface area contributed by atoms with Crippen LogP contribution < -0.4 is 5.32 Å². The average molecular weight is 296 g/mol. The minimum atomic E-state index is -0.530. The molecule has 0 spiro atoms. The van der Waals surface area contributed by atoms with Gasteiger partial charge in [0, 0.05) is 19.5 Å². The van der Waals surface area contributed by atoms with Crippen LogP contribution in [0.3, 0.4) is 0 Å². The third-order valence-electron chi connectivity index (χ3n) is 3.88. The number of hydrogen-bond donors (Lipinski definition) is 1. The van der Waals surface area contributed by atoms with E-state index < -0.39 is 5.60 Å². The lowest BCUT2D eigenvalue weighted by Gasteiger charge is -2.36. The summed E-state index contributed by atoms with van der Waals surface area (Å²) in [6.45, 7) is 6.61. The van der Waals surface area contributed by atoms with Crippen LogP contribution in [0.25, 0.3) is 0 Å². The summed E-state index contributed by atoms with van der Waals surface area (Å²) in [6.07, 6.45) is 1.91.